The quantitative estimate of drug-likeness (QED) is 0.103. The van der Waals surface area contributed by atoms with Crippen molar-refractivity contribution < 1.29 is 33.6 Å². The number of methoxy groups -OCH3 is 1. The highest BCUT2D eigenvalue weighted by atomic mass is 35.5. The number of halogens is 1. The number of aliphatic hydroxyl groups is 1. The predicted octanol–water partition coefficient (Wildman–Crippen LogP) is 2.87. The summed E-state index contributed by atoms with van der Waals surface area (Å²) in [6.07, 6.45) is 5.50. The highest BCUT2D eigenvalue weighted by Gasteiger charge is 2.32. The van der Waals surface area contributed by atoms with Crippen LogP contribution in [0.5, 0.6) is 17.2 Å². The average molecular weight is 557 g/mol. The number of esters is 1. The maximum atomic E-state index is 12.4. The van der Waals surface area contributed by atoms with Gasteiger partial charge in [-0.25, -0.2) is 9.59 Å². The summed E-state index contributed by atoms with van der Waals surface area (Å²) in [5.74, 6) is 2.99. The van der Waals surface area contributed by atoms with Crippen molar-refractivity contribution in [3.63, 3.8) is 0 Å². The first-order valence-electron chi connectivity index (χ1n) is 11.9. The number of carbonyl (C=O) groups excluding carboxylic acids is 2. The molecule has 2 aromatic rings. The molecule has 0 spiro atoms. The summed E-state index contributed by atoms with van der Waals surface area (Å²) in [6, 6.07) is 8.71. The molecule has 0 aliphatic carbocycles. The fraction of sp³-hybridized carbons (Fsp3) is 0.296. The van der Waals surface area contributed by atoms with E-state index in [4.69, 9.17) is 37.0 Å². The number of allylic oxidation sites excluding steroid dienone is 1. The molecule has 1 aliphatic heterocycles. The molecule has 3 rings (SSSR count). The number of aliphatic hydroxyl groups excluding tert-OH is 1. The zero-order valence-corrected chi connectivity index (χ0v) is 22.4. The minimum atomic E-state index is -1.18. The van der Waals surface area contributed by atoms with Gasteiger partial charge in [-0.15, -0.1) is 6.42 Å². The Morgan fingerprint density at radius 3 is 2.72 bits per heavy atom. The van der Waals surface area contributed by atoms with Crippen molar-refractivity contribution in [1.29, 1.82) is 0 Å². The highest BCUT2D eigenvalue weighted by molar-refractivity contribution is 6.30. The number of hydrogen-bond acceptors (Lipinski definition) is 9. The van der Waals surface area contributed by atoms with E-state index in [1.54, 1.807) is 50.2 Å². The van der Waals surface area contributed by atoms with Crippen molar-refractivity contribution in [3.8, 4) is 29.6 Å². The molecule has 2 atom stereocenters. The smallest absolute Gasteiger partial charge is 0.337 e. The molecule has 206 valence electrons. The van der Waals surface area contributed by atoms with E-state index >= 15 is 0 Å². The summed E-state index contributed by atoms with van der Waals surface area (Å²) in [5.41, 5.74) is 4.35. The SMILES string of the molecule is C#CCOc1ccc(Cl)cc1/C=N/N[C@@H](O)COc1ccc([C@@H]2NC(=O)NC(C)=C2C(=O)OC)cc1OCC. The van der Waals surface area contributed by atoms with Gasteiger partial charge in [-0.1, -0.05) is 23.6 Å². The van der Waals surface area contributed by atoms with Crippen molar-refractivity contribution in [2.45, 2.75) is 26.1 Å². The lowest BCUT2D eigenvalue weighted by Crippen LogP contribution is -2.45. The largest absolute Gasteiger partial charge is 0.490 e. The molecule has 0 fully saturated rings. The normalized spacial score (nSPS) is 15.6. The van der Waals surface area contributed by atoms with E-state index in [1.807, 2.05) is 0 Å². The van der Waals surface area contributed by atoms with Gasteiger partial charge >= 0.3 is 12.0 Å². The molecule has 39 heavy (non-hydrogen) atoms. The Bertz CT molecular complexity index is 1310. The minimum Gasteiger partial charge on any atom is -0.490 e. The average Bonchev–Trinajstić information content (AvgIpc) is 2.91. The number of amides is 2. The van der Waals surface area contributed by atoms with E-state index in [0.29, 0.717) is 45.7 Å². The van der Waals surface area contributed by atoms with E-state index in [9.17, 15) is 14.7 Å². The van der Waals surface area contributed by atoms with Gasteiger partial charge in [-0.3, -0.25) is 5.43 Å². The van der Waals surface area contributed by atoms with Gasteiger partial charge in [-0.2, -0.15) is 5.10 Å². The number of ether oxygens (including phenoxy) is 4. The summed E-state index contributed by atoms with van der Waals surface area (Å²) in [4.78, 5) is 24.5. The third-order valence-electron chi connectivity index (χ3n) is 5.38. The first-order valence-corrected chi connectivity index (χ1v) is 12.2. The molecule has 4 N–H and O–H groups in total. The van der Waals surface area contributed by atoms with Crippen LogP contribution in [0.2, 0.25) is 5.02 Å². The van der Waals surface area contributed by atoms with Crippen LogP contribution in [0.25, 0.3) is 0 Å². The summed E-state index contributed by atoms with van der Waals surface area (Å²) >= 11 is 6.05. The number of nitrogens with one attached hydrogen (secondary N) is 3. The number of benzene rings is 2. The lowest BCUT2D eigenvalue weighted by atomic mass is 9.95. The molecule has 0 saturated carbocycles. The third-order valence-corrected chi connectivity index (χ3v) is 5.62. The number of nitrogens with zero attached hydrogens (tertiary/aromatic N) is 1. The summed E-state index contributed by atoms with van der Waals surface area (Å²) in [5, 5.41) is 20.1. The summed E-state index contributed by atoms with van der Waals surface area (Å²) < 4.78 is 21.8. The lowest BCUT2D eigenvalue weighted by molar-refractivity contribution is -0.136. The van der Waals surface area contributed by atoms with Gasteiger partial charge in [-0.05, 0) is 49.7 Å². The molecule has 0 radical (unpaired) electrons. The molecule has 12 heteroatoms. The Morgan fingerprint density at radius 2 is 2.00 bits per heavy atom. The van der Waals surface area contributed by atoms with Crippen molar-refractivity contribution in [2.75, 3.05) is 26.9 Å². The fourth-order valence-electron chi connectivity index (χ4n) is 3.69. The molecule has 0 bridgehead atoms. The lowest BCUT2D eigenvalue weighted by Gasteiger charge is -2.28. The number of hydrogen-bond donors (Lipinski definition) is 4. The number of hydrazone groups is 1. The van der Waals surface area contributed by atoms with Crippen LogP contribution in [0.3, 0.4) is 0 Å². The molecule has 0 aromatic heterocycles. The van der Waals surface area contributed by atoms with Crippen LogP contribution < -0.4 is 30.3 Å². The van der Waals surface area contributed by atoms with E-state index in [2.05, 4.69) is 27.1 Å². The minimum absolute atomic E-state index is 0.0806. The molecular weight excluding hydrogens is 528 g/mol. The van der Waals surface area contributed by atoms with E-state index in [-0.39, 0.29) is 18.8 Å². The number of urea groups is 1. The van der Waals surface area contributed by atoms with Crippen molar-refractivity contribution in [1.82, 2.24) is 16.1 Å². The Hall–Kier alpha value is -4.40. The second-order valence-corrected chi connectivity index (χ2v) is 8.53. The summed E-state index contributed by atoms with van der Waals surface area (Å²) in [7, 11) is 1.27. The van der Waals surface area contributed by atoms with Gasteiger partial charge in [0.05, 0.1) is 31.5 Å². The molecular formula is C27H29ClN4O7. The predicted molar refractivity (Wildman–Crippen MR) is 145 cm³/mol. The first kappa shape index (κ1) is 29.2. The highest BCUT2D eigenvalue weighted by Crippen LogP contribution is 2.35. The fourth-order valence-corrected chi connectivity index (χ4v) is 3.87. The van der Waals surface area contributed by atoms with Crippen LogP contribution in [-0.2, 0) is 9.53 Å². The Labute approximate surface area is 231 Å². The molecule has 2 amide bonds. The van der Waals surface area contributed by atoms with Gasteiger partial charge in [0.2, 0.25) is 0 Å². The van der Waals surface area contributed by atoms with Crippen LogP contribution in [0.15, 0.2) is 52.8 Å². The monoisotopic (exact) mass is 556 g/mol. The van der Waals surface area contributed by atoms with Crippen molar-refractivity contribution >= 4 is 29.8 Å². The van der Waals surface area contributed by atoms with Crippen LogP contribution in [0.4, 0.5) is 4.79 Å². The van der Waals surface area contributed by atoms with Crippen molar-refractivity contribution in [2.24, 2.45) is 5.10 Å². The van der Waals surface area contributed by atoms with Gasteiger partial charge in [0.15, 0.2) is 17.7 Å². The van der Waals surface area contributed by atoms with Gasteiger partial charge in [0.25, 0.3) is 0 Å². The first-order chi connectivity index (χ1) is 18.8. The Morgan fingerprint density at radius 1 is 1.23 bits per heavy atom. The number of carbonyl (C=O) groups is 2. The van der Waals surface area contributed by atoms with Crippen LogP contribution in [0, 0.1) is 12.3 Å². The number of rotatable bonds is 12. The zero-order chi connectivity index (χ0) is 28.4. The molecule has 1 heterocycles. The molecule has 0 saturated heterocycles. The molecule has 11 nitrogen and oxygen atoms in total. The van der Waals surface area contributed by atoms with Crippen LogP contribution in [-0.4, -0.2) is 56.5 Å². The number of terminal acetylenes is 1. The second-order valence-electron chi connectivity index (χ2n) is 8.09. The van der Waals surface area contributed by atoms with E-state index < -0.39 is 24.3 Å². The zero-order valence-electron chi connectivity index (χ0n) is 21.6. The van der Waals surface area contributed by atoms with Crippen molar-refractivity contribution in [3.05, 3.63) is 63.8 Å². The van der Waals surface area contributed by atoms with E-state index in [1.165, 1.54) is 13.3 Å². The molecule has 0 unspecified atom stereocenters. The van der Waals surface area contributed by atoms with Gasteiger partial charge < -0.3 is 34.7 Å². The third kappa shape index (κ3) is 7.80. The Kier molecular flexibility index (Phi) is 10.4. The van der Waals surface area contributed by atoms with Crippen LogP contribution in [0.1, 0.15) is 31.0 Å². The van der Waals surface area contributed by atoms with Gasteiger partial charge in [0.1, 0.15) is 19.0 Å². The molecule has 2 aromatic carbocycles. The maximum absolute atomic E-state index is 12.4. The van der Waals surface area contributed by atoms with Crippen LogP contribution >= 0.6 is 11.6 Å². The standard InChI is InChI=1S/C27H29ClN4O7/c1-5-11-38-20-10-8-19(28)12-18(20)14-29-32-23(33)15-39-21-9-7-17(13-22(21)37-6-2)25-24(26(34)36-4)16(3)30-27(35)31-25/h1,7-10,12-14,23,25,32-33H,6,11,15H2,2-4H3,(H2,30,31,35)/b29-14+/t23-,25-/m0/s1. The summed E-state index contributed by atoms with van der Waals surface area (Å²) in [6.45, 7) is 3.65. The van der Waals surface area contributed by atoms with E-state index in [0.717, 1.165) is 0 Å². The Balaban J connectivity index is 1.70. The second kappa shape index (κ2) is 13.9. The maximum Gasteiger partial charge on any atom is 0.337 e. The molecule has 1 aliphatic rings. The topological polar surface area (TPSA) is 140 Å². The van der Waals surface area contributed by atoms with Gasteiger partial charge in [0, 0.05) is 16.3 Å².